The van der Waals surface area contributed by atoms with Crippen molar-refractivity contribution >= 4 is 53.4 Å². The molecule has 0 saturated carbocycles. The normalized spacial score (nSPS) is 11.6. The molecule has 0 spiro atoms. The van der Waals surface area contributed by atoms with Crippen LogP contribution in [0.15, 0.2) is 182 Å². The second-order valence-corrected chi connectivity index (χ2v) is 14.9. The van der Waals surface area contributed by atoms with Gasteiger partial charge in [-0.25, -0.2) is 9.97 Å². The first-order valence-electron chi connectivity index (χ1n) is 18.5. The molecule has 7 heteroatoms. The average molecular weight is 735 g/mol. The van der Waals surface area contributed by atoms with Crippen LogP contribution < -0.4 is 0 Å². The molecule has 0 unspecified atom stereocenters. The van der Waals surface area contributed by atoms with Crippen LogP contribution in [0.2, 0.25) is 0 Å². The molecule has 0 saturated heterocycles. The minimum absolute atomic E-state index is 0.525. The van der Waals surface area contributed by atoms with Crippen LogP contribution in [0.5, 0.6) is 0 Å². The number of rotatable bonds is 6. The van der Waals surface area contributed by atoms with Gasteiger partial charge in [-0.1, -0.05) is 115 Å². The minimum Gasteiger partial charge on any atom is -0.276 e. The summed E-state index contributed by atoms with van der Waals surface area (Å²) in [6.07, 6.45) is 3.64. The Morgan fingerprint density at radius 1 is 0.393 bits per heavy atom. The predicted molar refractivity (Wildman–Crippen MR) is 230 cm³/mol. The summed E-state index contributed by atoms with van der Waals surface area (Å²) in [5.41, 5.74) is 10.8. The van der Waals surface area contributed by atoms with Crippen LogP contribution in [-0.4, -0.2) is 29.5 Å². The zero-order valence-corrected chi connectivity index (χ0v) is 30.7. The Morgan fingerprint density at radius 2 is 1.02 bits per heavy atom. The van der Waals surface area contributed by atoms with Gasteiger partial charge in [-0.3, -0.25) is 9.55 Å². The van der Waals surface area contributed by atoms with E-state index in [1.165, 1.54) is 20.2 Å². The van der Waals surface area contributed by atoms with Gasteiger partial charge in [0.05, 0.1) is 22.2 Å². The van der Waals surface area contributed by atoms with Gasteiger partial charge in [0.1, 0.15) is 0 Å². The molecule has 5 heterocycles. The first-order valence-corrected chi connectivity index (χ1v) is 19.3. The van der Waals surface area contributed by atoms with E-state index in [0.717, 1.165) is 66.6 Å². The molecule has 0 aliphatic rings. The van der Waals surface area contributed by atoms with Crippen LogP contribution in [0.3, 0.4) is 0 Å². The first kappa shape index (κ1) is 32.1. The Balaban J connectivity index is 1.19. The van der Waals surface area contributed by atoms with E-state index >= 15 is 0 Å². The van der Waals surface area contributed by atoms with E-state index in [-0.39, 0.29) is 0 Å². The van der Waals surface area contributed by atoms with Gasteiger partial charge in [0.25, 0.3) is 0 Å². The molecule has 0 radical (unpaired) electrons. The third-order valence-corrected chi connectivity index (χ3v) is 11.5. The third kappa shape index (κ3) is 5.52. The van der Waals surface area contributed by atoms with Gasteiger partial charge in [-0.2, -0.15) is 9.97 Å². The van der Waals surface area contributed by atoms with E-state index in [0.29, 0.717) is 17.6 Å². The standard InChI is InChI=1S/C49H30N6S/c1-3-12-31(13-4-1)33-16-9-18-35(26-33)47-52-48(36-19-10-17-34(27-36)32-14-5-2-6-15-32)54-49(53-47)55-42-24-23-41(37-20-11-25-50-30-37)51-46(42)40-28-39-38-21-7-8-22-44(38)56-45(39)29-43(40)55/h1-30H. The van der Waals surface area contributed by atoms with Gasteiger partial charge in [0.2, 0.25) is 5.95 Å². The molecule has 0 fully saturated rings. The smallest absolute Gasteiger partial charge is 0.238 e. The Labute approximate surface area is 326 Å². The van der Waals surface area contributed by atoms with Crippen LogP contribution in [0.1, 0.15) is 0 Å². The topological polar surface area (TPSA) is 69.4 Å². The zero-order chi connectivity index (χ0) is 37.0. The highest BCUT2D eigenvalue weighted by Crippen LogP contribution is 2.41. The second kappa shape index (κ2) is 13.2. The number of fused-ring (bicyclic) bond motifs is 6. The largest absolute Gasteiger partial charge is 0.276 e. The van der Waals surface area contributed by atoms with Crippen molar-refractivity contribution in [2.45, 2.75) is 0 Å². The van der Waals surface area contributed by atoms with Gasteiger partial charge in [-0.15, -0.1) is 11.3 Å². The molecular weight excluding hydrogens is 705 g/mol. The Bertz CT molecular complexity index is 3140. The number of hydrogen-bond donors (Lipinski definition) is 0. The molecular formula is C49H30N6S. The highest BCUT2D eigenvalue weighted by molar-refractivity contribution is 7.25. The van der Waals surface area contributed by atoms with Crippen molar-refractivity contribution < 1.29 is 0 Å². The Kier molecular flexibility index (Phi) is 7.57. The molecule has 0 bridgehead atoms. The van der Waals surface area contributed by atoms with Crippen LogP contribution in [0.25, 0.3) is 104 Å². The molecule has 262 valence electrons. The van der Waals surface area contributed by atoms with Crippen molar-refractivity contribution in [3.8, 4) is 62.2 Å². The maximum absolute atomic E-state index is 5.31. The van der Waals surface area contributed by atoms with E-state index in [4.69, 9.17) is 19.9 Å². The van der Waals surface area contributed by atoms with Crippen molar-refractivity contribution in [2.24, 2.45) is 0 Å². The van der Waals surface area contributed by atoms with Crippen molar-refractivity contribution in [3.05, 3.63) is 182 Å². The van der Waals surface area contributed by atoms with Crippen LogP contribution in [0.4, 0.5) is 0 Å². The lowest BCUT2D eigenvalue weighted by Gasteiger charge is -2.12. The van der Waals surface area contributed by atoms with Crippen molar-refractivity contribution in [1.29, 1.82) is 0 Å². The summed E-state index contributed by atoms with van der Waals surface area (Å²) in [5.74, 6) is 1.70. The first-order chi connectivity index (χ1) is 27.7. The molecule has 0 amide bonds. The van der Waals surface area contributed by atoms with E-state index < -0.39 is 0 Å². The zero-order valence-electron chi connectivity index (χ0n) is 29.9. The maximum Gasteiger partial charge on any atom is 0.238 e. The Hall–Kier alpha value is -7.35. The minimum atomic E-state index is 0.525. The molecule has 5 aromatic heterocycles. The maximum atomic E-state index is 5.31. The summed E-state index contributed by atoms with van der Waals surface area (Å²) in [4.78, 5) is 25.5. The predicted octanol–water partition coefficient (Wildman–Crippen LogP) is 12.5. The summed E-state index contributed by atoms with van der Waals surface area (Å²) >= 11 is 1.79. The van der Waals surface area contributed by atoms with E-state index in [9.17, 15) is 0 Å². The SMILES string of the molecule is c1ccc(-c2cccc(-c3nc(-c4cccc(-c5ccccc5)c4)nc(-n4c5cc6sc7ccccc7c6cc5c5nc(-c6cccnc6)ccc54)n3)c2)cc1. The van der Waals surface area contributed by atoms with Gasteiger partial charge in [0, 0.05) is 54.6 Å². The summed E-state index contributed by atoms with van der Waals surface area (Å²) < 4.78 is 4.60. The number of hydrogen-bond acceptors (Lipinski definition) is 6. The Morgan fingerprint density at radius 3 is 1.70 bits per heavy atom. The van der Waals surface area contributed by atoms with Gasteiger partial charge in [0.15, 0.2) is 11.6 Å². The van der Waals surface area contributed by atoms with Gasteiger partial charge < -0.3 is 0 Å². The van der Waals surface area contributed by atoms with Crippen molar-refractivity contribution in [1.82, 2.24) is 29.5 Å². The van der Waals surface area contributed by atoms with E-state index in [1.807, 2.05) is 30.5 Å². The number of benzene rings is 6. The summed E-state index contributed by atoms with van der Waals surface area (Å²) in [6.45, 7) is 0. The number of pyridine rings is 2. The van der Waals surface area contributed by atoms with Crippen molar-refractivity contribution in [2.75, 3.05) is 0 Å². The van der Waals surface area contributed by atoms with Crippen molar-refractivity contribution in [3.63, 3.8) is 0 Å². The fourth-order valence-electron chi connectivity index (χ4n) is 7.65. The number of aromatic nitrogens is 6. The molecule has 11 rings (SSSR count). The number of nitrogens with zero attached hydrogens (tertiary/aromatic N) is 6. The molecule has 6 aromatic carbocycles. The second-order valence-electron chi connectivity index (χ2n) is 13.8. The quantitative estimate of drug-likeness (QED) is 0.170. The number of thiophene rings is 1. The van der Waals surface area contributed by atoms with Crippen LogP contribution >= 0.6 is 11.3 Å². The lowest BCUT2D eigenvalue weighted by Crippen LogP contribution is -2.06. The lowest BCUT2D eigenvalue weighted by molar-refractivity contribution is 0.953. The third-order valence-electron chi connectivity index (χ3n) is 10.3. The summed E-state index contributed by atoms with van der Waals surface area (Å²) in [7, 11) is 0. The van der Waals surface area contributed by atoms with Crippen LogP contribution in [-0.2, 0) is 0 Å². The fourth-order valence-corrected chi connectivity index (χ4v) is 8.77. The molecule has 11 aromatic rings. The van der Waals surface area contributed by atoms with Gasteiger partial charge >= 0.3 is 0 Å². The molecule has 0 aliphatic carbocycles. The van der Waals surface area contributed by atoms with Gasteiger partial charge in [-0.05, 0) is 76.9 Å². The molecule has 0 N–H and O–H groups in total. The fraction of sp³-hybridized carbons (Fsp3) is 0. The average Bonchev–Trinajstić information content (AvgIpc) is 3.80. The van der Waals surface area contributed by atoms with E-state index in [1.54, 1.807) is 17.5 Å². The van der Waals surface area contributed by atoms with E-state index in [2.05, 4.69) is 155 Å². The molecule has 0 aliphatic heterocycles. The summed E-state index contributed by atoms with van der Waals surface area (Å²) in [6, 6.07) is 59.0. The van der Waals surface area contributed by atoms with Crippen LogP contribution in [0, 0.1) is 0 Å². The molecule has 6 nitrogen and oxygen atoms in total. The molecule has 0 atom stereocenters. The molecule has 56 heavy (non-hydrogen) atoms. The monoisotopic (exact) mass is 734 g/mol. The highest BCUT2D eigenvalue weighted by atomic mass is 32.1. The summed E-state index contributed by atoms with van der Waals surface area (Å²) in [5, 5.41) is 3.47. The highest BCUT2D eigenvalue weighted by Gasteiger charge is 2.21. The lowest BCUT2D eigenvalue weighted by atomic mass is 10.0.